The van der Waals surface area contributed by atoms with Crippen molar-refractivity contribution in [3.8, 4) is 0 Å². The molecule has 0 aromatic carbocycles. The summed E-state index contributed by atoms with van der Waals surface area (Å²) >= 11 is 0. The van der Waals surface area contributed by atoms with Crippen LogP contribution in [0.4, 0.5) is 0 Å². The van der Waals surface area contributed by atoms with E-state index in [0.29, 0.717) is 0 Å². The van der Waals surface area contributed by atoms with E-state index in [-0.39, 0.29) is 0 Å². The number of hydrogen-bond donors (Lipinski definition) is 0. The van der Waals surface area contributed by atoms with Crippen molar-refractivity contribution >= 4 is 5.90 Å². The third kappa shape index (κ3) is 4.94. The highest BCUT2D eigenvalue weighted by molar-refractivity contribution is 5.74. The summed E-state index contributed by atoms with van der Waals surface area (Å²) in [6, 6.07) is 0. The van der Waals surface area contributed by atoms with Crippen LogP contribution in [-0.4, -0.2) is 13.0 Å². The Labute approximate surface area is 75.3 Å². The van der Waals surface area contributed by atoms with Crippen molar-refractivity contribution in [2.24, 2.45) is 4.99 Å². The van der Waals surface area contributed by atoms with Crippen molar-refractivity contribution in [2.75, 3.05) is 7.11 Å². The third-order valence-corrected chi connectivity index (χ3v) is 1.63. The molecule has 12 heavy (non-hydrogen) atoms. The average molecular weight is 169 g/mol. The van der Waals surface area contributed by atoms with E-state index in [1.54, 1.807) is 7.11 Å². The van der Waals surface area contributed by atoms with Crippen LogP contribution in [0.3, 0.4) is 0 Å². The van der Waals surface area contributed by atoms with Gasteiger partial charge in [-0.05, 0) is 12.8 Å². The topological polar surface area (TPSA) is 21.6 Å². The van der Waals surface area contributed by atoms with Gasteiger partial charge in [-0.15, -0.1) is 0 Å². The average Bonchev–Trinajstić information content (AvgIpc) is 2.11. The van der Waals surface area contributed by atoms with Crippen LogP contribution in [0.15, 0.2) is 16.8 Å². The number of ether oxygens (including phenoxy) is 1. The molecule has 2 nitrogen and oxygen atoms in total. The smallest absolute Gasteiger partial charge is 0.184 e. The Morgan fingerprint density at radius 2 is 2.08 bits per heavy atom. The zero-order valence-electron chi connectivity index (χ0n) is 8.55. The maximum atomic E-state index is 4.97. The van der Waals surface area contributed by atoms with Crippen molar-refractivity contribution in [2.45, 2.75) is 40.0 Å². The largest absolute Gasteiger partial charge is 0.484 e. The minimum atomic E-state index is 0.735. The summed E-state index contributed by atoms with van der Waals surface area (Å²) in [6.07, 6.45) is 5.41. The molecule has 0 bridgehead atoms. The van der Waals surface area contributed by atoms with E-state index in [1.807, 2.05) is 6.92 Å². The Morgan fingerprint density at radius 1 is 1.42 bits per heavy atom. The van der Waals surface area contributed by atoms with E-state index in [0.717, 1.165) is 24.4 Å². The van der Waals surface area contributed by atoms with Crippen LogP contribution < -0.4 is 0 Å². The molecule has 2 heteroatoms. The molecule has 70 valence electrons. The van der Waals surface area contributed by atoms with Gasteiger partial charge in [-0.1, -0.05) is 26.3 Å². The van der Waals surface area contributed by atoms with Gasteiger partial charge >= 0.3 is 0 Å². The van der Waals surface area contributed by atoms with Gasteiger partial charge in [0.25, 0.3) is 0 Å². The van der Waals surface area contributed by atoms with Gasteiger partial charge in [-0.2, -0.15) is 0 Å². The number of methoxy groups -OCH3 is 1. The lowest BCUT2D eigenvalue weighted by molar-refractivity contribution is 0.399. The molecule has 0 fully saturated rings. The predicted octanol–water partition coefficient (Wildman–Crippen LogP) is 3.15. The molecule has 0 aliphatic rings. The second-order valence-electron chi connectivity index (χ2n) is 2.67. The Hall–Kier alpha value is -0.790. The van der Waals surface area contributed by atoms with Gasteiger partial charge < -0.3 is 4.74 Å². The van der Waals surface area contributed by atoms with Crippen LogP contribution in [0, 0.1) is 0 Å². The molecule has 0 atom stereocenters. The van der Waals surface area contributed by atoms with Gasteiger partial charge in [0, 0.05) is 12.6 Å². The van der Waals surface area contributed by atoms with Crippen LogP contribution in [0.25, 0.3) is 0 Å². The summed E-state index contributed by atoms with van der Waals surface area (Å²) < 4.78 is 4.97. The number of unbranched alkanes of at least 4 members (excludes halogenated alkanes) is 1. The summed E-state index contributed by atoms with van der Waals surface area (Å²) in [5, 5.41) is 0. The van der Waals surface area contributed by atoms with E-state index in [2.05, 4.69) is 24.9 Å². The Morgan fingerprint density at radius 3 is 2.50 bits per heavy atom. The standard InChI is InChI=1S/C10H19NO/c1-5-7-8-10(6-2)11-9(3)12-4/h8H,5-7H2,1-4H3. The molecular formula is C10H19NO. The van der Waals surface area contributed by atoms with E-state index < -0.39 is 0 Å². The minimum absolute atomic E-state index is 0.735. The molecule has 0 spiro atoms. The summed E-state index contributed by atoms with van der Waals surface area (Å²) in [5.41, 5.74) is 1.12. The van der Waals surface area contributed by atoms with E-state index in [4.69, 9.17) is 4.74 Å². The molecule has 0 aliphatic heterocycles. The first-order valence-corrected chi connectivity index (χ1v) is 4.52. The van der Waals surface area contributed by atoms with Crippen molar-refractivity contribution in [1.29, 1.82) is 0 Å². The molecule has 0 rings (SSSR count). The van der Waals surface area contributed by atoms with E-state index in [1.165, 1.54) is 6.42 Å². The predicted molar refractivity (Wildman–Crippen MR) is 53.4 cm³/mol. The molecular weight excluding hydrogens is 150 g/mol. The lowest BCUT2D eigenvalue weighted by Crippen LogP contribution is -1.94. The SMILES string of the molecule is CCCC=C(CC)N=C(C)OC. The number of aliphatic imine (C=N–C) groups is 1. The van der Waals surface area contributed by atoms with Crippen molar-refractivity contribution in [3.05, 3.63) is 11.8 Å². The number of rotatable bonds is 4. The lowest BCUT2D eigenvalue weighted by Gasteiger charge is -2.00. The zero-order chi connectivity index (χ0) is 9.40. The quantitative estimate of drug-likeness (QED) is 0.468. The van der Waals surface area contributed by atoms with Gasteiger partial charge in [0.05, 0.1) is 7.11 Å². The second-order valence-corrected chi connectivity index (χ2v) is 2.67. The first-order chi connectivity index (χ1) is 5.74. The fraction of sp³-hybridized carbons (Fsp3) is 0.700. The van der Waals surface area contributed by atoms with E-state index >= 15 is 0 Å². The summed E-state index contributed by atoms with van der Waals surface area (Å²) in [7, 11) is 1.64. The minimum Gasteiger partial charge on any atom is -0.484 e. The lowest BCUT2D eigenvalue weighted by atomic mass is 10.2. The number of nitrogens with zero attached hydrogens (tertiary/aromatic N) is 1. The molecule has 0 heterocycles. The monoisotopic (exact) mass is 169 g/mol. The Kier molecular flexibility index (Phi) is 6.44. The van der Waals surface area contributed by atoms with Crippen LogP contribution in [-0.2, 0) is 4.74 Å². The first-order valence-electron chi connectivity index (χ1n) is 4.52. The highest BCUT2D eigenvalue weighted by atomic mass is 16.5. The maximum absolute atomic E-state index is 4.97. The van der Waals surface area contributed by atoms with Gasteiger partial charge in [0.1, 0.15) is 0 Å². The molecule has 0 radical (unpaired) electrons. The van der Waals surface area contributed by atoms with Crippen LogP contribution in [0.1, 0.15) is 40.0 Å². The molecule has 0 N–H and O–H groups in total. The molecule has 0 amide bonds. The number of allylic oxidation sites excluding steroid dienone is 2. The fourth-order valence-corrected chi connectivity index (χ4v) is 0.828. The summed E-state index contributed by atoms with van der Waals surface area (Å²) in [5.74, 6) is 0.735. The van der Waals surface area contributed by atoms with Crippen molar-refractivity contribution < 1.29 is 4.74 Å². The fourth-order valence-electron chi connectivity index (χ4n) is 0.828. The third-order valence-electron chi connectivity index (χ3n) is 1.63. The highest BCUT2D eigenvalue weighted by Crippen LogP contribution is 2.05. The molecule has 0 saturated carbocycles. The molecule has 0 unspecified atom stereocenters. The van der Waals surface area contributed by atoms with Crippen LogP contribution in [0.5, 0.6) is 0 Å². The first kappa shape index (κ1) is 11.2. The van der Waals surface area contributed by atoms with Gasteiger partial charge in [-0.25, -0.2) is 4.99 Å². The highest BCUT2D eigenvalue weighted by Gasteiger charge is 1.91. The second kappa shape index (κ2) is 6.89. The summed E-state index contributed by atoms with van der Waals surface area (Å²) in [6.45, 7) is 6.14. The van der Waals surface area contributed by atoms with Crippen molar-refractivity contribution in [3.63, 3.8) is 0 Å². The molecule has 0 saturated heterocycles. The van der Waals surface area contributed by atoms with Gasteiger partial charge in [0.2, 0.25) is 0 Å². The van der Waals surface area contributed by atoms with Crippen molar-refractivity contribution in [1.82, 2.24) is 0 Å². The Balaban J connectivity index is 4.15. The van der Waals surface area contributed by atoms with Gasteiger partial charge in [-0.3, -0.25) is 0 Å². The maximum Gasteiger partial charge on any atom is 0.184 e. The molecule has 0 aromatic rings. The number of hydrogen-bond acceptors (Lipinski definition) is 2. The molecule has 0 aromatic heterocycles. The normalized spacial score (nSPS) is 13.3. The van der Waals surface area contributed by atoms with Gasteiger partial charge in [0.15, 0.2) is 5.90 Å². The van der Waals surface area contributed by atoms with E-state index in [9.17, 15) is 0 Å². The molecule has 0 aliphatic carbocycles. The summed E-state index contributed by atoms with van der Waals surface area (Å²) in [4.78, 5) is 4.31. The zero-order valence-corrected chi connectivity index (χ0v) is 8.55. The van der Waals surface area contributed by atoms with Crippen LogP contribution >= 0.6 is 0 Å². The van der Waals surface area contributed by atoms with Crippen LogP contribution in [0.2, 0.25) is 0 Å². The Bertz CT molecular complexity index is 171.